The molecule has 5 heteroatoms. The molecule has 14 heavy (non-hydrogen) atoms. The lowest BCUT2D eigenvalue weighted by atomic mass is 10.4. The normalized spacial score (nSPS) is 10.2. The minimum atomic E-state index is -0.155. The summed E-state index contributed by atoms with van der Waals surface area (Å²) in [5.41, 5.74) is 0.454. The van der Waals surface area contributed by atoms with Gasteiger partial charge in [-0.05, 0) is 13.8 Å². The van der Waals surface area contributed by atoms with Gasteiger partial charge in [-0.2, -0.15) is 0 Å². The summed E-state index contributed by atoms with van der Waals surface area (Å²) in [5, 5.41) is 0. The number of nitrogens with zero attached hydrogens (tertiary/aromatic N) is 2. The van der Waals surface area contributed by atoms with E-state index in [0.717, 1.165) is 13.1 Å². The van der Waals surface area contributed by atoms with Crippen LogP contribution in [0, 0.1) is 0 Å². The molecule has 0 amide bonds. The Labute approximate surface area is 87.9 Å². The third-order valence-corrected chi connectivity index (χ3v) is 2.26. The van der Waals surface area contributed by atoms with Gasteiger partial charge in [-0.1, -0.05) is 0 Å². The molecule has 0 spiro atoms. The van der Waals surface area contributed by atoms with Gasteiger partial charge in [0, 0.05) is 19.2 Å². The first-order chi connectivity index (χ1) is 6.71. The van der Waals surface area contributed by atoms with Crippen LogP contribution < -0.4 is 10.5 Å². The van der Waals surface area contributed by atoms with Crippen molar-refractivity contribution in [3.63, 3.8) is 0 Å². The van der Waals surface area contributed by atoms with Crippen molar-refractivity contribution < 1.29 is 0 Å². The number of halogens is 1. The molecular weight excluding hydrogens is 202 g/mol. The highest BCUT2D eigenvalue weighted by Crippen LogP contribution is 2.05. The number of H-pyrrole nitrogens is 1. The third-order valence-electron chi connectivity index (χ3n) is 1.98. The van der Waals surface area contributed by atoms with Crippen LogP contribution in [0.15, 0.2) is 10.9 Å². The molecule has 1 rings (SSSR count). The van der Waals surface area contributed by atoms with Gasteiger partial charge in [-0.25, -0.2) is 4.98 Å². The first-order valence-corrected chi connectivity index (χ1v) is 5.15. The van der Waals surface area contributed by atoms with Gasteiger partial charge in [-0.3, -0.25) is 9.78 Å². The summed E-state index contributed by atoms with van der Waals surface area (Å²) in [6.45, 7) is 5.64. The molecule has 0 bridgehead atoms. The number of hydrogen-bond donors (Lipinski definition) is 1. The van der Waals surface area contributed by atoms with Crippen molar-refractivity contribution in [2.24, 2.45) is 0 Å². The van der Waals surface area contributed by atoms with Crippen LogP contribution in [-0.2, 0) is 5.88 Å². The molecule has 1 aromatic heterocycles. The molecule has 0 aliphatic rings. The van der Waals surface area contributed by atoms with E-state index < -0.39 is 0 Å². The molecule has 4 nitrogen and oxygen atoms in total. The molecule has 0 saturated heterocycles. The molecule has 0 aliphatic heterocycles. The van der Waals surface area contributed by atoms with Crippen molar-refractivity contribution >= 4 is 17.5 Å². The van der Waals surface area contributed by atoms with E-state index in [0.29, 0.717) is 11.6 Å². The molecule has 0 aliphatic carbocycles. The van der Waals surface area contributed by atoms with Crippen LogP contribution in [0.3, 0.4) is 0 Å². The maximum absolute atomic E-state index is 11.2. The smallest absolute Gasteiger partial charge is 0.252 e. The average molecular weight is 216 g/mol. The molecule has 0 unspecified atom stereocenters. The SMILES string of the molecule is CCN(CC)c1nc(CCl)cc(=O)[nH]1. The van der Waals surface area contributed by atoms with E-state index >= 15 is 0 Å². The zero-order chi connectivity index (χ0) is 10.6. The predicted molar refractivity (Wildman–Crippen MR) is 58.0 cm³/mol. The molecule has 0 atom stereocenters. The molecule has 1 N–H and O–H groups in total. The fourth-order valence-electron chi connectivity index (χ4n) is 1.24. The zero-order valence-corrected chi connectivity index (χ0v) is 9.14. The maximum atomic E-state index is 11.2. The number of rotatable bonds is 4. The number of alkyl halides is 1. The van der Waals surface area contributed by atoms with Crippen molar-refractivity contribution in [3.8, 4) is 0 Å². The van der Waals surface area contributed by atoms with Crippen molar-refractivity contribution in [3.05, 3.63) is 22.1 Å². The summed E-state index contributed by atoms with van der Waals surface area (Å²) in [6, 6.07) is 1.42. The number of aromatic amines is 1. The van der Waals surface area contributed by atoms with Crippen LogP contribution in [0.25, 0.3) is 0 Å². The molecule has 0 fully saturated rings. The van der Waals surface area contributed by atoms with Crippen molar-refractivity contribution in [2.45, 2.75) is 19.7 Å². The van der Waals surface area contributed by atoms with Crippen LogP contribution in [0.4, 0.5) is 5.95 Å². The van der Waals surface area contributed by atoms with Gasteiger partial charge < -0.3 is 4.90 Å². The van der Waals surface area contributed by atoms with E-state index in [2.05, 4.69) is 9.97 Å². The summed E-state index contributed by atoms with van der Waals surface area (Å²) in [5.74, 6) is 0.858. The highest BCUT2D eigenvalue weighted by molar-refractivity contribution is 6.16. The topological polar surface area (TPSA) is 49.0 Å². The van der Waals surface area contributed by atoms with Crippen LogP contribution in [0.1, 0.15) is 19.5 Å². The molecule has 0 saturated carbocycles. The second-order valence-electron chi connectivity index (χ2n) is 2.87. The third kappa shape index (κ3) is 2.48. The van der Waals surface area contributed by atoms with Crippen molar-refractivity contribution in [1.29, 1.82) is 0 Å². The fourth-order valence-corrected chi connectivity index (χ4v) is 1.37. The Morgan fingerprint density at radius 3 is 2.64 bits per heavy atom. The van der Waals surface area contributed by atoms with Gasteiger partial charge in [0.1, 0.15) is 0 Å². The number of nitrogens with one attached hydrogen (secondary N) is 1. The highest BCUT2D eigenvalue weighted by atomic mass is 35.5. The summed E-state index contributed by atoms with van der Waals surface area (Å²) in [6.07, 6.45) is 0. The largest absolute Gasteiger partial charge is 0.343 e. The number of anilines is 1. The second kappa shape index (κ2) is 5.00. The van der Waals surface area contributed by atoms with Crippen molar-refractivity contribution in [2.75, 3.05) is 18.0 Å². The van der Waals surface area contributed by atoms with Crippen LogP contribution in [-0.4, -0.2) is 23.1 Å². The Balaban J connectivity index is 3.07. The van der Waals surface area contributed by atoms with Crippen LogP contribution >= 0.6 is 11.6 Å². The average Bonchev–Trinajstić information content (AvgIpc) is 2.19. The van der Waals surface area contributed by atoms with E-state index in [1.54, 1.807) is 0 Å². The Kier molecular flexibility index (Phi) is 3.95. The standard InChI is InChI=1S/C9H14ClN3O/c1-3-13(4-2)9-11-7(6-10)5-8(14)12-9/h5H,3-4,6H2,1-2H3,(H,11,12,14). The molecule has 0 radical (unpaired) electrons. The zero-order valence-electron chi connectivity index (χ0n) is 8.38. The van der Waals surface area contributed by atoms with Gasteiger partial charge in [0.2, 0.25) is 5.95 Å². The lowest BCUT2D eigenvalue weighted by Gasteiger charge is -2.18. The fraction of sp³-hybridized carbons (Fsp3) is 0.556. The van der Waals surface area contributed by atoms with Gasteiger partial charge in [-0.15, -0.1) is 11.6 Å². The lowest BCUT2D eigenvalue weighted by Crippen LogP contribution is -2.27. The van der Waals surface area contributed by atoms with Crippen LogP contribution in [0.5, 0.6) is 0 Å². The summed E-state index contributed by atoms with van der Waals surface area (Å²) in [7, 11) is 0. The Morgan fingerprint density at radius 2 is 2.14 bits per heavy atom. The predicted octanol–water partition coefficient (Wildman–Crippen LogP) is 1.35. The van der Waals surface area contributed by atoms with Crippen LogP contribution in [0.2, 0.25) is 0 Å². The van der Waals surface area contributed by atoms with E-state index in [1.807, 2.05) is 18.7 Å². The summed E-state index contributed by atoms with van der Waals surface area (Å²) < 4.78 is 0. The molecule has 1 aromatic rings. The van der Waals surface area contributed by atoms with Gasteiger partial charge in [0.25, 0.3) is 5.56 Å². The molecule has 1 heterocycles. The maximum Gasteiger partial charge on any atom is 0.252 e. The summed E-state index contributed by atoms with van der Waals surface area (Å²) >= 11 is 5.63. The molecule has 78 valence electrons. The first-order valence-electron chi connectivity index (χ1n) is 4.62. The first kappa shape index (κ1) is 11.0. The quantitative estimate of drug-likeness (QED) is 0.772. The minimum Gasteiger partial charge on any atom is -0.343 e. The number of hydrogen-bond acceptors (Lipinski definition) is 3. The van der Waals surface area contributed by atoms with Gasteiger partial charge in [0.05, 0.1) is 11.6 Å². The second-order valence-corrected chi connectivity index (χ2v) is 3.13. The molecule has 0 aromatic carbocycles. The lowest BCUT2D eigenvalue weighted by molar-refractivity contribution is 0.810. The van der Waals surface area contributed by atoms with Gasteiger partial charge in [0.15, 0.2) is 0 Å². The highest BCUT2D eigenvalue weighted by Gasteiger charge is 2.05. The van der Waals surface area contributed by atoms with Crippen molar-refractivity contribution in [1.82, 2.24) is 9.97 Å². The van der Waals surface area contributed by atoms with E-state index in [1.165, 1.54) is 6.07 Å². The van der Waals surface area contributed by atoms with Gasteiger partial charge >= 0.3 is 0 Å². The minimum absolute atomic E-state index is 0.155. The monoisotopic (exact) mass is 215 g/mol. The van der Waals surface area contributed by atoms with E-state index in [4.69, 9.17) is 11.6 Å². The Morgan fingerprint density at radius 1 is 1.50 bits per heavy atom. The number of aromatic nitrogens is 2. The Hall–Kier alpha value is -1.03. The summed E-state index contributed by atoms with van der Waals surface area (Å²) in [4.78, 5) is 20.1. The Bertz CT molecular complexity index is 346. The van der Waals surface area contributed by atoms with E-state index in [9.17, 15) is 4.79 Å². The molecular formula is C9H14ClN3O. The van der Waals surface area contributed by atoms with E-state index in [-0.39, 0.29) is 11.4 Å².